The Morgan fingerprint density at radius 1 is 1.22 bits per heavy atom. The Balaban J connectivity index is 2.39. The highest BCUT2D eigenvalue weighted by Crippen LogP contribution is 2.05. The number of carboxylic acid groups (broad SMARTS) is 1. The average Bonchev–Trinajstić information content (AvgIpc) is 2.35. The minimum Gasteiger partial charge on any atom is -0.478 e. The van der Waals surface area contributed by atoms with Crippen molar-refractivity contribution in [2.24, 2.45) is 0 Å². The monoisotopic (exact) mass is 251 g/mol. The molecule has 1 N–H and O–H groups in total. The van der Waals surface area contributed by atoms with Crippen molar-refractivity contribution in [1.29, 1.82) is 0 Å². The molecular formula is C14H21NO3. The third-order valence-corrected chi connectivity index (χ3v) is 3.00. The van der Waals surface area contributed by atoms with Gasteiger partial charge in [-0.25, -0.2) is 4.79 Å². The molecule has 0 spiro atoms. The Morgan fingerprint density at radius 2 is 1.89 bits per heavy atom. The fourth-order valence-electron chi connectivity index (χ4n) is 1.89. The molecule has 0 amide bonds. The van der Waals surface area contributed by atoms with Gasteiger partial charge in [0.25, 0.3) is 5.56 Å². The lowest BCUT2D eigenvalue weighted by molar-refractivity contribution is 0.0696. The molecule has 0 unspecified atom stereocenters. The summed E-state index contributed by atoms with van der Waals surface area (Å²) in [5, 5.41) is 8.75. The van der Waals surface area contributed by atoms with Gasteiger partial charge in [-0.05, 0) is 12.5 Å². The SMILES string of the molecule is CCCCCCCCn1ccc(C(=O)O)cc1=O. The number of nitrogens with zero attached hydrogens (tertiary/aromatic N) is 1. The lowest BCUT2D eigenvalue weighted by Crippen LogP contribution is -2.20. The fraction of sp³-hybridized carbons (Fsp3) is 0.571. The Hall–Kier alpha value is -1.58. The van der Waals surface area contributed by atoms with Crippen LogP contribution < -0.4 is 5.56 Å². The molecule has 0 aromatic carbocycles. The molecule has 0 aliphatic rings. The van der Waals surface area contributed by atoms with Crippen molar-refractivity contribution >= 4 is 5.97 Å². The molecule has 0 atom stereocenters. The van der Waals surface area contributed by atoms with E-state index in [1.54, 1.807) is 10.8 Å². The number of hydrogen-bond acceptors (Lipinski definition) is 2. The minimum atomic E-state index is -1.06. The third kappa shape index (κ3) is 4.73. The van der Waals surface area contributed by atoms with Gasteiger partial charge in [0.05, 0.1) is 5.56 Å². The maximum absolute atomic E-state index is 11.6. The summed E-state index contributed by atoms with van der Waals surface area (Å²) in [5.41, 5.74) is -0.178. The van der Waals surface area contributed by atoms with Gasteiger partial charge < -0.3 is 9.67 Å². The van der Waals surface area contributed by atoms with Crippen LogP contribution in [0.25, 0.3) is 0 Å². The van der Waals surface area contributed by atoms with E-state index in [0.29, 0.717) is 6.54 Å². The van der Waals surface area contributed by atoms with Crippen molar-refractivity contribution in [3.8, 4) is 0 Å². The van der Waals surface area contributed by atoms with Crippen LogP contribution >= 0.6 is 0 Å². The number of carboxylic acids is 1. The zero-order valence-electron chi connectivity index (χ0n) is 10.9. The van der Waals surface area contributed by atoms with Crippen LogP contribution in [0.2, 0.25) is 0 Å². The van der Waals surface area contributed by atoms with Crippen LogP contribution in [-0.2, 0) is 6.54 Å². The fourth-order valence-corrected chi connectivity index (χ4v) is 1.89. The first-order valence-electron chi connectivity index (χ1n) is 6.59. The molecule has 0 aliphatic heterocycles. The van der Waals surface area contributed by atoms with Crippen LogP contribution in [0.3, 0.4) is 0 Å². The second-order valence-electron chi connectivity index (χ2n) is 4.52. The first kappa shape index (κ1) is 14.5. The number of rotatable bonds is 8. The Morgan fingerprint density at radius 3 is 2.50 bits per heavy atom. The second-order valence-corrected chi connectivity index (χ2v) is 4.52. The van der Waals surface area contributed by atoms with E-state index in [1.807, 2.05) is 0 Å². The molecule has 0 saturated carbocycles. The summed E-state index contributed by atoms with van der Waals surface area (Å²) < 4.78 is 1.58. The number of aromatic nitrogens is 1. The number of carbonyl (C=O) groups is 1. The highest BCUT2D eigenvalue weighted by molar-refractivity contribution is 5.87. The summed E-state index contributed by atoms with van der Waals surface area (Å²) in [6, 6.07) is 2.65. The highest BCUT2D eigenvalue weighted by Gasteiger charge is 2.04. The van der Waals surface area contributed by atoms with Crippen molar-refractivity contribution in [3.05, 3.63) is 34.2 Å². The van der Waals surface area contributed by atoms with Gasteiger partial charge in [-0.1, -0.05) is 39.0 Å². The Kier molecular flexibility index (Phi) is 6.19. The van der Waals surface area contributed by atoms with Crippen LogP contribution in [0, 0.1) is 0 Å². The quantitative estimate of drug-likeness (QED) is 0.723. The van der Waals surface area contributed by atoms with Gasteiger partial charge in [0, 0.05) is 18.8 Å². The van der Waals surface area contributed by atoms with E-state index in [4.69, 9.17) is 5.11 Å². The van der Waals surface area contributed by atoms with Crippen LogP contribution in [0.15, 0.2) is 23.1 Å². The van der Waals surface area contributed by atoms with Gasteiger partial charge >= 0.3 is 5.97 Å². The first-order chi connectivity index (χ1) is 8.65. The zero-order valence-corrected chi connectivity index (χ0v) is 10.9. The van der Waals surface area contributed by atoms with E-state index in [9.17, 15) is 9.59 Å². The average molecular weight is 251 g/mol. The molecular weight excluding hydrogens is 230 g/mol. The van der Waals surface area contributed by atoms with Gasteiger partial charge in [-0.2, -0.15) is 0 Å². The van der Waals surface area contributed by atoms with E-state index >= 15 is 0 Å². The predicted octanol–water partition coefficient (Wildman–Crippen LogP) is 2.91. The highest BCUT2D eigenvalue weighted by atomic mass is 16.4. The summed E-state index contributed by atoms with van der Waals surface area (Å²) in [7, 11) is 0. The Bertz CT molecular complexity index is 437. The van der Waals surface area contributed by atoms with Crippen molar-refractivity contribution in [2.75, 3.05) is 0 Å². The number of aromatic carboxylic acids is 1. The second kappa shape index (κ2) is 7.69. The van der Waals surface area contributed by atoms with Crippen LogP contribution in [0.1, 0.15) is 55.8 Å². The van der Waals surface area contributed by atoms with Gasteiger partial charge in [0.15, 0.2) is 0 Å². The molecule has 1 rings (SSSR count). The topological polar surface area (TPSA) is 59.3 Å². The normalized spacial score (nSPS) is 10.5. The molecule has 18 heavy (non-hydrogen) atoms. The van der Waals surface area contributed by atoms with Gasteiger partial charge in [-0.15, -0.1) is 0 Å². The van der Waals surface area contributed by atoms with E-state index in [1.165, 1.54) is 37.8 Å². The molecule has 0 aliphatic carbocycles. The molecule has 0 saturated heterocycles. The maximum atomic E-state index is 11.6. The third-order valence-electron chi connectivity index (χ3n) is 3.00. The summed E-state index contributed by atoms with van der Waals surface area (Å²) >= 11 is 0. The summed E-state index contributed by atoms with van der Waals surface area (Å²) in [6.45, 7) is 2.86. The Labute approximate surface area is 107 Å². The molecule has 4 heteroatoms. The number of aryl methyl sites for hydroxylation is 1. The molecule has 0 radical (unpaired) electrons. The van der Waals surface area contributed by atoms with E-state index in [-0.39, 0.29) is 11.1 Å². The largest absolute Gasteiger partial charge is 0.478 e. The van der Waals surface area contributed by atoms with E-state index in [2.05, 4.69) is 6.92 Å². The van der Waals surface area contributed by atoms with Crippen molar-refractivity contribution in [1.82, 2.24) is 4.57 Å². The summed E-state index contributed by atoms with van der Waals surface area (Å²) in [4.78, 5) is 22.3. The number of pyridine rings is 1. The minimum absolute atomic E-state index is 0.0548. The molecule has 1 aromatic rings. The van der Waals surface area contributed by atoms with E-state index in [0.717, 1.165) is 12.8 Å². The van der Waals surface area contributed by atoms with Gasteiger partial charge in [-0.3, -0.25) is 4.79 Å². The zero-order chi connectivity index (χ0) is 13.4. The van der Waals surface area contributed by atoms with Crippen molar-refractivity contribution in [2.45, 2.75) is 52.0 Å². The molecule has 1 aromatic heterocycles. The first-order valence-corrected chi connectivity index (χ1v) is 6.59. The smallest absolute Gasteiger partial charge is 0.335 e. The molecule has 1 heterocycles. The lowest BCUT2D eigenvalue weighted by Gasteiger charge is -2.05. The molecule has 4 nitrogen and oxygen atoms in total. The molecule has 100 valence electrons. The van der Waals surface area contributed by atoms with Crippen molar-refractivity contribution in [3.63, 3.8) is 0 Å². The summed E-state index contributed by atoms with van der Waals surface area (Å²) in [5.74, 6) is -1.06. The van der Waals surface area contributed by atoms with Gasteiger partial charge in [0.2, 0.25) is 0 Å². The van der Waals surface area contributed by atoms with Crippen LogP contribution in [0.5, 0.6) is 0 Å². The summed E-state index contributed by atoms with van der Waals surface area (Å²) in [6.07, 6.45) is 8.61. The maximum Gasteiger partial charge on any atom is 0.335 e. The predicted molar refractivity (Wildman–Crippen MR) is 71.0 cm³/mol. The van der Waals surface area contributed by atoms with Crippen LogP contribution in [0.4, 0.5) is 0 Å². The lowest BCUT2D eigenvalue weighted by atomic mass is 10.1. The number of hydrogen-bond donors (Lipinski definition) is 1. The van der Waals surface area contributed by atoms with Gasteiger partial charge in [0.1, 0.15) is 0 Å². The van der Waals surface area contributed by atoms with E-state index < -0.39 is 5.97 Å². The molecule has 0 bridgehead atoms. The van der Waals surface area contributed by atoms with Crippen molar-refractivity contribution < 1.29 is 9.90 Å². The standard InChI is InChI=1S/C14H21NO3/c1-2-3-4-5-6-7-9-15-10-8-12(14(17)18)11-13(15)16/h8,10-11H,2-7,9H2,1H3,(H,17,18). The van der Waals surface area contributed by atoms with Crippen LogP contribution in [-0.4, -0.2) is 15.6 Å². The number of unbranched alkanes of at least 4 members (excludes halogenated alkanes) is 5. The molecule has 0 fully saturated rings.